The molecule has 3 nitrogen and oxygen atoms in total. The summed E-state index contributed by atoms with van der Waals surface area (Å²) in [6, 6.07) is 9.72. The van der Waals surface area contributed by atoms with Crippen molar-refractivity contribution in [2.24, 2.45) is 0 Å². The van der Waals surface area contributed by atoms with E-state index in [0.717, 1.165) is 15.7 Å². The molecule has 70 valence electrons. The monoisotopic (exact) mass is 298 g/mol. The Morgan fingerprint density at radius 3 is 2.57 bits per heavy atom. The van der Waals surface area contributed by atoms with Gasteiger partial charge in [0.2, 0.25) is 0 Å². The zero-order valence-corrected chi connectivity index (χ0v) is 9.38. The normalized spacial score (nSPS) is 10.1. The zero-order chi connectivity index (χ0) is 9.97. The van der Waals surface area contributed by atoms with Gasteiger partial charge < -0.3 is 0 Å². The van der Waals surface area contributed by atoms with Crippen LogP contribution in [-0.2, 0) is 0 Å². The second kappa shape index (κ2) is 3.91. The fourth-order valence-corrected chi connectivity index (χ4v) is 1.84. The standard InChI is InChI=1S/C10H7IN2O/c11-10-8(7-14)6-12-13(10)9-4-2-1-3-5-9/h1-7H. The van der Waals surface area contributed by atoms with Crippen molar-refractivity contribution in [3.05, 3.63) is 45.8 Å². The van der Waals surface area contributed by atoms with Crippen LogP contribution in [-0.4, -0.2) is 16.1 Å². The summed E-state index contributed by atoms with van der Waals surface area (Å²) in [5.41, 5.74) is 1.58. The first-order chi connectivity index (χ1) is 6.83. The number of halogens is 1. The van der Waals surface area contributed by atoms with Crippen molar-refractivity contribution in [1.82, 2.24) is 9.78 Å². The second-order valence-electron chi connectivity index (χ2n) is 2.76. The highest BCUT2D eigenvalue weighted by Gasteiger charge is 2.07. The smallest absolute Gasteiger partial charge is 0.154 e. The second-order valence-corrected chi connectivity index (χ2v) is 3.78. The first kappa shape index (κ1) is 9.39. The number of aldehydes is 1. The lowest BCUT2D eigenvalue weighted by atomic mass is 10.3. The highest BCUT2D eigenvalue weighted by molar-refractivity contribution is 14.1. The van der Waals surface area contributed by atoms with E-state index in [9.17, 15) is 4.79 Å². The van der Waals surface area contributed by atoms with Crippen LogP contribution >= 0.6 is 22.6 Å². The summed E-state index contributed by atoms with van der Waals surface area (Å²) in [4.78, 5) is 10.6. The number of para-hydroxylation sites is 1. The maximum absolute atomic E-state index is 10.6. The van der Waals surface area contributed by atoms with Gasteiger partial charge in [-0.05, 0) is 34.7 Å². The van der Waals surface area contributed by atoms with Crippen LogP contribution in [0.4, 0.5) is 0 Å². The van der Waals surface area contributed by atoms with E-state index in [1.165, 1.54) is 0 Å². The van der Waals surface area contributed by atoms with Gasteiger partial charge in [-0.2, -0.15) is 5.10 Å². The van der Waals surface area contributed by atoms with Crippen molar-refractivity contribution in [1.29, 1.82) is 0 Å². The summed E-state index contributed by atoms with van der Waals surface area (Å²) in [6.45, 7) is 0. The number of nitrogens with zero attached hydrogens (tertiary/aromatic N) is 2. The van der Waals surface area contributed by atoms with Gasteiger partial charge in [-0.1, -0.05) is 18.2 Å². The quantitative estimate of drug-likeness (QED) is 0.630. The predicted octanol–water partition coefficient (Wildman–Crippen LogP) is 2.29. The maximum atomic E-state index is 10.6. The Labute approximate surface area is 94.9 Å². The fraction of sp³-hybridized carbons (Fsp3) is 0. The highest BCUT2D eigenvalue weighted by Crippen LogP contribution is 2.15. The van der Waals surface area contributed by atoms with Crippen LogP contribution in [0.2, 0.25) is 0 Å². The molecule has 0 fully saturated rings. The number of carbonyl (C=O) groups excluding carboxylic acids is 1. The summed E-state index contributed by atoms with van der Waals surface area (Å²) in [6.07, 6.45) is 2.38. The van der Waals surface area contributed by atoms with Crippen LogP contribution in [0.25, 0.3) is 5.69 Å². The van der Waals surface area contributed by atoms with Crippen molar-refractivity contribution in [2.45, 2.75) is 0 Å². The van der Waals surface area contributed by atoms with Crippen molar-refractivity contribution in [2.75, 3.05) is 0 Å². The molecule has 14 heavy (non-hydrogen) atoms. The van der Waals surface area contributed by atoms with Crippen LogP contribution in [0.15, 0.2) is 36.5 Å². The lowest BCUT2D eigenvalue weighted by molar-refractivity contribution is 0.112. The molecule has 0 unspecified atom stereocenters. The molecule has 0 amide bonds. The first-order valence-corrected chi connectivity index (χ1v) is 5.15. The number of hydrogen-bond donors (Lipinski definition) is 0. The van der Waals surface area contributed by atoms with Gasteiger partial charge in [0.05, 0.1) is 17.4 Å². The minimum absolute atomic E-state index is 0.620. The number of aromatic nitrogens is 2. The average molecular weight is 298 g/mol. The van der Waals surface area contributed by atoms with E-state index in [2.05, 4.69) is 27.7 Å². The molecule has 2 aromatic rings. The predicted molar refractivity (Wildman–Crippen MR) is 61.7 cm³/mol. The van der Waals surface area contributed by atoms with Gasteiger partial charge in [-0.3, -0.25) is 4.79 Å². The third-order valence-corrected chi connectivity index (χ3v) is 2.94. The SMILES string of the molecule is O=Cc1cnn(-c2ccccc2)c1I. The summed E-state index contributed by atoms with van der Waals surface area (Å²) in [5, 5.41) is 4.13. The molecule has 0 spiro atoms. The molecule has 1 heterocycles. The van der Waals surface area contributed by atoms with E-state index in [0.29, 0.717) is 5.56 Å². The van der Waals surface area contributed by atoms with Crippen molar-refractivity contribution >= 4 is 28.9 Å². The number of hydrogen-bond acceptors (Lipinski definition) is 2. The van der Waals surface area contributed by atoms with Crippen LogP contribution in [0.1, 0.15) is 10.4 Å². The van der Waals surface area contributed by atoms with E-state index in [1.54, 1.807) is 10.9 Å². The third kappa shape index (κ3) is 1.57. The van der Waals surface area contributed by atoms with Gasteiger partial charge in [0.25, 0.3) is 0 Å². The molecule has 0 aliphatic carbocycles. The Hall–Kier alpha value is -1.17. The van der Waals surface area contributed by atoms with E-state index >= 15 is 0 Å². The van der Waals surface area contributed by atoms with Crippen molar-refractivity contribution < 1.29 is 4.79 Å². The van der Waals surface area contributed by atoms with Crippen LogP contribution in [0, 0.1) is 3.70 Å². The van der Waals surface area contributed by atoms with Crippen molar-refractivity contribution in [3.8, 4) is 5.69 Å². The molecule has 0 aliphatic rings. The summed E-state index contributed by atoms with van der Waals surface area (Å²) < 4.78 is 2.58. The molecule has 0 aliphatic heterocycles. The largest absolute Gasteiger partial charge is 0.298 e. The maximum Gasteiger partial charge on any atom is 0.154 e. The molecular formula is C10H7IN2O. The third-order valence-electron chi connectivity index (χ3n) is 1.86. The van der Waals surface area contributed by atoms with Gasteiger partial charge in [0.1, 0.15) is 3.70 Å². The van der Waals surface area contributed by atoms with Gasteiger partial charge in [0, 0.05) is 0 Å². The molecule has 4 heteroatoms. The Kier molecular flexibility index (Phi) is 2.62. The van der Waals surface area contributed by atoms with Gasteiger partial charge in [-0.15, -0.1) is 0 Å². The Morgan fingerprint density at radius 2 is 2.00 bits per heavy atom. The Morgan fingerprint density at radius 1 is 1.29 bits per heavy atom. The topological polar surface area (TPSA) is 34.9 Å². The van der Waals surface area contributed by atoms with Gasteiger partial charge >= 0.3 is 0 Å². The molecule has 1 aromatic heterocycles. The average Bonchev–Trinajstić information content (AvgIpc) is 2.61. The molecular weight excluding hydrogens is 291 g/mol. The molecule has 1 aromatic carbocycles. The summed E-state index contributed by atoms with van der Waals surface area (Å²) in [5.74, 6) is 0. The van der Waals surface area contributed by atoms with Gasteiger partial charge in [0.15, 0.2) is 6.29 Å². The van der Waals surface area contributed by atoms with Crippen LogP contribution < -0.4 is 0 Å². The molecule has 0 atom stereocenters. The minimum atomic E-state index is 0.620. The van der Waals surface area contributed by atoms with Crippen LogP contribution in [0.5, 0.6) is 0 Å². The van der Waals surface area contributed by atoms with E-state index in [4.69, 9.17) is 0 Å². The van der Waals surface area contributed by atoms with E-state index < -0.39 is 0 Å². The Bertz CT molecular complexity index is 450. The summed E-state index contributed by atoms with van der Waals surface area (Å²) in [7, 11) is 0. The molecule has 0 N–H and O–H groups in total. The molecule has 0 radical (unpaired) electrons. The fourth-order valence-electron chi connectivity index (χ4n) is 1.17. The van der Waals surface area contributed by atoms with Gasteiger partial charge in [-0.25, -0.2) is 4.68 Å². The van der Waals surface area contributed by atoms with Crippen molar-refractivity contribution in [3.63, 3.8) is 0 Å². The highest BCUT2D eigenvalue weighted by atomic mass is 127. The number of rotatable bonds is 2. The first-order valence-electron chi connectivity index (χ1n) is 4.07. The Balaban J connectivity index is 2.53. The number of carbonyl (C=O) groups is 1. The van der Waals surface area contributed by atoms with Crippen LogP contribution in [0.3, 0.4) is 0 Å². The van der Waals surface area contributed by atoms with E-state index in [-0.39, 0.29) is 0 Å². The number of benzene rings is 1. The molecule has 0 saturated carbocycles. The van der Waals surface area contributed by atoms with E-state index in [1.807, 2.05) is 30.3 Å². The molecule has 0 saturated heterocycles. The lowest BCUT2D eigenvalue weighted by Gasteiger charge is -2.01. The lowest BCUT2D eigenvalue weighted by Crippen LogP contribution is -1.98. The minimum Gasteiger partial charge on any atom is -0.298 e. The summed E-state index contributed by atoms with van der Waals surface area (Å²) >= 11 is 2.11. The molecule has 2 rings (SSSR count). The molecule has 0 bridgehead atoms. The zero-order valence-electron chi connectivity index (χ0n) is 7.22.